The maximum Gasteiger partial charge on any atom is 0.141 e. The van der Waals surface area contributed by atoms with Crippen molar-refractivity contribution < 1.29 is 4.74 Å². The minimum Gasteiger partial charge on any atom is -0.490 e. The largest absolute Gasteiger partial charge is 0.490 e. The van der Waals surface area contributed by atoms with E-state index in [0.29, 0.717) is 0 Å². The van der Waals surface area contributed by atoms with Gasteiger partial charge in [-0.15, -0.1) is 0 Å². The van der Waals surface area contributed by atoms with E-state index in [1.54, 1.807) is 0 Å². The first-order valence-corrected chi connectivity index (χ1v) is 6.78. The molecule has 0 aliphatic carbocycles. The third kappa shape index (κ3) is 2.49. The van der Waals surface area contributed by atoms with Crippen LogP contribution in [0.25, 0.3) is 11.4 Å². The first-order valence-electron chi connectivity index (χ1n) is 6.78. The number of para-hydroxylation sites is 1. The number of imidazole rings is 1. The van der Waals surface area contributed by atoms with Gasteiger partial charge in [0.2, 0.25) is 0 Å². The summed E-state index contributed by atoms with van der Waals surface area (Å²) in [5.74, 6) is 1.79. The highest BCUT2D eigenvalue weighted by Crippen LogP contribution is 2.29. The summed E-state index contributed by atoms with van der Waals surface area (Å²) in [5.41, 5.74) is 3.40. The Morgan fingerprint density at radius 3 is 2.89 bits per heavy atom. The van der Waals surface area contributed by atoms with Crippen LogP contribution in [-0.4, -0.2) is 22.6 Å². The van der Waals surface area contributed by atoms with Crippen LogP contribution in [0.5, 0.6) is 5.75 Å². The summed E-state index contributed by atoms with van der Waals surface area (Å²) in [6.07, 6.45) is 1.14. The average Bonchev–Trinajstić information content (AvgIpc) is 2.82. The van der Waals surface area contributed by atoms with Gasteiger partial charge in [0.15, 0.2) is 0 Å². The van der Waals surface area contributed by atoms with E-state index in [1.165, 1.54) is 11.4 Å². The molecule has 4 heteroatoms. The van der Waals surface area contributed by atoms with E-state index in [0.717, 1.165) is 36.6 Å². The number of ether oxygens (including phenoxy) is 1. The first kappa shape index (κ1) is 12.2. The van der Waals surface area contributed by atoms with E-state index in [4.69, 9.17) is 9.72 Å². The molecule has 1 aliphatic rings. The molecule has 100 valence electrons. The van der Waals surface area contributed by atoms with Gasteiger partial charge in [-0.1, -0.05) is 12.1 Å². The number of aromatic amines is 1. The van der Waals surface area contributed by atoms with Crippen molar-refractivity contribution in [1.29, 1.82) is 0 Å². The van der Waals surface area contributed by atoms with Crippen molar-refractivity contribution in [2.24, 2.45) is 0 Å². The van der Waals surface area contributed by atoms with Crippen molar-refractivity contribution in [3.8, 4) is 17.1 Å². The highest BCUT2D eigenvalue weighted by molar-refractivity contribution is 5.64. The first-order chi connectivity index (χ1) is 9.24. The van der Waals surface area contributed by atoms with E-state index in [-0.39, 0.29) is 6.10 Å². The van der Waals surface area contributed by atoms with Gasteiger partial charge in [-0.25, -0.2) is 4.98 Å². The quantitative estimate of drug-likeness (QED) is 0.888. The van der Waals surface area contributed by atoms with Gasteiger partial charge in [0, 0.05) is 19.5 Å². The molecule has 2 heterocycles. The van der Waals surface area contributed by atoms with Crippen LogP contribution in [-0.2, 0) is 13.0 Å². The fourth-order valence-electron chi connectivity index (χ4n) is 2.37. The minimum atomic E-state index is 0.160. The number of fused-ring (bicyclic) bond motifs is 1. The second kappa shape index (κ2) is 5.05. The zero-order valence-electron chi connectivity index (χ0n) is 11.4. The van der Waals surface area contributed by atoms with E-state index in [1.807, 2.05) is 32.0 Å². The number of hydrogen-bond donors (Lipinski definition) is 2. The van der Waals surface area contributed by atoms with Crippen LogP contribution in [0.1, 0.15) is 25.2 Å². The molecule has 0 saturated carbocycles. The number of hydrogen-bond acceptors (Lipinski definition) is 3. The lowest BCUT2D eigenvalue weighted by molar-refractivity contribution is 0.243. The van der Waals surface area contributed by atoms with E-state index in [9.17, 15) is 0 Å². The number of nitrogens with one attached hydrogen (secondary N) is 2. The maximum atomic E-state index is 5.86. The maximum absolute atomic E-state index is 5.86. The summed E-state index contributed by atoms with van der Waals surface area (Å²) in [6.45, 7) is 5.94. The zero-order valence-corrected chi connectivity index (χ0v) is 11.4. The standard InChI is InChI=1S/C15H19N3O/c1-10(2)19-14-6-4-3-5-11(14)15-17-12-7-8-16-9-13(12)18-15/h3-6,10,16H,7-9H2,1-2H3,(H,17,18). The lowest BCUT2D eigenvalue weighted by Gasteiger charge is -2.12. The van der Waals surface area contributed by atoms with Crippen molar-refractivity contribution in [3.63, 3.8) is 0 Å². The Morgan fingerprint density at radius 1 is 1.26 bits per heavy atom. The van der Waals surface area contributed by atoms with Gasteiger partial charge in [-0.2, -0.15) is 0 Å². The highest BCUT2D eigenvalue weighted by atomic mass is 16.5. The third-order valence-electron chi connectivity index (χ3n) is 3.21. The summed E-state index contributed by atoms with van der Waals surface area (Å²) in [7, 11) is 0. The van der Waals surface area contributed by atoms with Crippen molar-refractivity contribution in [3.05, 3.63) is 35.7 Å². The molecule has 3 rings (SSSR count). The molecule has 0 saturated heterocycles. The topological polar surface area (TPSA) is 49.9 Å². The zero-order chi connectivity index (χ0) is 13.2. The Kier molecular flexibility index (Phi) is 3.25. The van der Waals surface area contributed by atoms with Crippen molar-refractivity contribution >= 4 is 0 Å². The van der Waals surface area contributed by atoms with Crippen LogP contribution in [0.15, 0.2) is 24.3 Å². The summed E-state index contributed by atoms with van der Waals surface area (Å²) < 4.78 is 5.86. The normalized spacial score (nSPS) is 14.5. The number of benzene rings is 1. The fraction of sp³-hybridized carbons (Fsp3) is 0.400. The third-order valence-corrected chi connectivity index (χ3v) is 3.21. The molecular weight excluding hydrogens is 238 g/mol. The van der Waals surface area contributed by atoms with E-state index < -0.39 is 0 Å². The van der Waals surface area contributed by atoms with Crippen LogP contribution in [0.4, 0.5) is 0 Å². The Bertz CT molecular complexity index is 551. The molecule has 4 nitrogen and oxygen atoms in total. The second-order valence-electron chi connectivity index (χ2n) is 5.10. The Balaban J connectivity index is 1.99. The van der Waals surface area contributed by atoms with Gasteiger partial charge in [0.1, 0.15) is 11.6 Å². The van der Waals surface area contributed by atoms with Gasteiger partial charge in [0.05, 0.1) is 23.1 Å². The van der Waals surface area contributed by atoms with Gasteiger partial charge in [-0.3, -0.25) is 0 Å². The smallest absolute Gasteiger partial charge is 0.141 e. The molecule has 1 aliphatic heterocycles. The molecule has 0 bridgehead atoms. The fourth-order valence-corrected chi connectivity index (χ4v) is 2.37. The number of nitrogens with zero attached hydrogens (tertiary/aromatic N) is 1. The molecule has 0 atom stereocenters. The highest BCUT2D eigenvalue weighted by Gasteiger charge is 2.17. The van der Waals surface area contributed by atoms with Crippen molar-refractivity contribution in [2.75, 3.05) is 6.54 Å². The minimum absolute atomic E-state index is 0.160. The number of aromatic nitrogens is 2. The summed E-state index contributed by atoms with van der Waals surface area (Å²) >= 11 is 0. The molecule has 1 aromatic heterocycles. The van der Waals surface area contributed by atoms with E-state index in [2.05, 4.69) is 16.4 Å². The Labute approximate surface area is 113 Å². The average molecular weight is 257 g/mol. The number of H-pyrrole nitrogens is 1. The molecule has 2 N–H and O–H groups in total. The summed E-state index contributed by atoms with van der Waals surface area (Å²) in [6, 6.07) is 8.05. The van der Waals surface area contributed by atoms with Crippen LogP contribution in [0.3, 0.4) is 0 Å². The van der Waals surface area contributed by atoms with Crippen molar-refractivity contribution in [2.45, 2.75) is 32.9 Å². The lowest BCUT2D eigenvalue weighted by Crippen LogP contribution is -2.23. The van der Waals surface area contributed by atoms with Crippen molar-refractivity contribution in [1.82, 2.24) is 15.3 Å². The van der Waals surface area contributed by atoms with Crippen LogP contribution < -0.4 is 10.1 Å². The molecule has 2 aromatic rings. The molecule has 0 unspecified atom stereocenters. The van der Waals surface area contributed by atoms with E-state index >= 15 is 0 Å². The molecule has 0 radical (unpaired) electrons. The Morgan fingerprint density at radius 2 is 2.11 bits per heavy atom. The second-order valence-corrected chi connectivity index (χ2v) is 5.10. The van der Waals surface area contributed by atoms with Gasteiger partial charge >= 0.3 is 0 Å². The van der Waals surface area contributed by atoms with Gasteiger partial charge < -0.3 is 15.0 Å². The number of rotatable bonds is 3. The van der Waals surface area contributed by atoms with Crippen LogP contribution in [0, 0.1) is 0 Å². The summed E-state index contributed by atoms with van der Waals surface area (Å²) in [5, 5.41) is 3.35. The Hall–Kier alpha value is -1.81. The molecule has 0 fully saturated rings. The van der Waals surface area contributed by atoms with Gasteiger partial charge in [0.25, 0.3) is 0 Å². The summed E-state index contributed by atoms with van der Waals surface area (Å²) in [4.78, 5) is 8.12. The lowest BCUT2D eigenvalue weighted by atomic mass is 10.2. The predicted octanol–water partition coefficient (Wildman–Crippen LogP) is 2.51. The monoisotopic (exact) mass is 257 g/mol. The predicted molar refractivity (Wildman–Crippen MR) is 75.2 cm³/mol. The van der Waals surface area contributed by atoms with Crippen LogP contribution >= 0.6 is 0 Å². The molecule has 19 heavy (non-hydrogen) atoms. The molecule has 1 aromatic carbocycles. The molecular formula is C15H19N3O. The molecule has 0 amide bonds. The van der Waals surface area contributed by atoms with Gasteiger partial charge in [-0.05, 0) is 26.0 Å². The molecule has 0 spiro atoms. The van der Waals surface area contributed by atoms with Crippen LogP contribution in [0.2, 0.25) is 0 Å². The SMILES string of the molecule is CC(C)Oc1ccccc1-c1nc2c([nH]1)CNCC2.